The lowest BCUT2D eigenvalue weighted by Gasteiger charge is -2.20. The van der Waals surface area contributed by atoms with Crippen LogP contribution in [0.2, 0.25) is 0 Å². The predicted octanol–water partition coefficient (Wildman–Crippen LogP) is 0.371. The molecule has 1 aliphatic rings. The summed E-state index contributed by atoms with van der Waals surface area (Å²) in [6.07, 6.45) is 2.11. The Morgan fingerprint density at radius 1 is 1.44 bits per heavy atom. The fraction of sp³-hybridized carbons (Fsp3) is 0.833. The Kier molecular flexibility index (Phi) is 2.51. The molecular weight excluding hydrogens is 116 g/mol. The van der Waals surface area contributed by atoms with Crippen LogP contribution >= 0.6 is 0 Å². The van der Waals surface area contributed by atoms with E-state index in [1.807, 2.05) is 0 Å². The van der Waals surface area contributed by atoms with E-state index in [1.54, 1.807) is 0 Å². The van der Waals surface area contributed by atoms with Crippen LogP contribution in [-0.4, -0.2) is 26.0 Å². The Balaban J connectivity index is 2.15. The van der Waals surface area contributed by atoms with E-state index in [4.69, 9.17) is 4.74 Å². The molecule has 0 aliphatic carbocycles. The van der Waals surface area contributed by atoms with Gasteiger partial charge in [0.15, 0.2) is 0 Å². The summed E-state index contributed by atoms with van der Waals surface area (Å²) in [6.45, 7) is 5.06. The van der Waals surface area contributed by atoms with Gasteiger partial charge in [0.05, 0.1) is 0 Å². The van der Waals surface area contributed by atoms with Gasteiger partial charge in [-0.15, -0.1) is 0 Å². The first-order valence-electron chi connectivity index (χ1n) is 3.22. The topological polar surface area (TPSA) is 33.6 Å². The molecule has 0 saturated carbocycles. The maximum atomic E-state index is 5.14. The van der Waals surface area contributed by atoms with Crippen molar-refractivity contribution in [1.29, 1.82) is 0 Å². The van der Waals surface area contributed by atoms with Crippen LogP contribution in [0.15, 0.2) is 5.10 Å². The Hall–Kier alpha value is -0.570. The van der Waals surface area contributed by atoms with Gasteiger partial charge in [0, 0.05) is 26.0 Å². The van der Waals surface area contributed by atoms with Crippen molar-refractivity contribution in [1.82, 2.24) is 5.43 Å². The molecule has 1 N–H and O–H groups in total. The number of nitrogens with zero attached hydrogens (tertiary/aromatic N) is 1. The quantitative estimate of drug-likeness (QED) is 0.430. The minimum Gasteiger partial charge on any atom is -0.381 e. The molecule has 1 rings (SSSR count). The lowest BCUT2D eigenvalue weighted by molar-refractivity contribution is 0.0784. The van der Waals surface area contributed by atoms with Crippen molar-refractivity contribution in [2.75, 3.05) is 13.2 Å². The molecule has 1 fully saturated rings. The standard InChI is InChI=1S/C6H12N2O/c1-7-8-6-2-4-9-5-3-6/h6,8H,1-5H2. The third-order valence-corrected chi connectivity index (χ3v) is 1.50. The number of hydrogen-bond donors (Lipinski definition) is 1. The molecule has 52 valence electrons. The Bertz CT molecular complexity index is 89.1. The van der Waals surface area contributed by atoms with Crippen molar-refractivity contribution in [3.63, 3.8) is 0 Å². The molecule has 0 radical (unpaired) electrons. The van der Waals surface area contributed by atoms with E-state index in [9.17, 15) is 0 Å². The van der Waals surface area contributed by atoms with E-state index < -0.39 is 0 Å². The largest absolute Gasteiger partial charge is 0.381 e. The summed E-state index contributed by atoms with van der Waals surface area (Å²) in [6, 6.07) is 0.497. The van der Waals surface area contributed by atoms with Crippen molar-refractivity contribution in [3.05, 3.63) is 0 Å². The van der Waals surface area contributed by atoms with Crippen LogP contribution in [0.4, 0.5) is 0 Å². The summed E-state index contributed by atoms with van der Waals surface area (Å²) in [4.78, 5) is 0. The summed E-state index contributed by atoms with van der Waals surface area (Å²) >= 11 is 0. The number of hydrazone groups is 1. The van der Waals surface area contributed by atoms with E-state index in [2.05, 4.69) is 17.2 Å². The van der Waals surface area contributed by atoms with Gasteiger partial charge < -0.3 is 10.2 Å². The molecule has 0 amide bonds. The third-order valence-electron chi connectivity index (χ3n) is 1.50. The molecule has 1 aliphatic heterocycles. The molecule has 1 heterocycles. The van der Waals surface area contributed by atoms with Gasteiger partial charge in [-0.2, -0.15) is 5.10 Å². The molecule has 0 aromatic rings. The van der Waals surface area contributed by atoms with E-state index >= 15 is 0 Å². The Morgan fingerprint density at radius 3 is 2.67 bits per heavy atom. The second kappa shape index (κ2) is 3.45. The molecule has 0 aromatic carbocycles. The highest BCUT2D eigenvalue weighted by Crippen LogP contribution is 2.04. The Morgan fingerprint density at radius 2 is 2.11 bits per heavy atom. The van der Waals surface area contributed by atoms with Gasteiger partial charge in [-0.05, 0) is 12.8 Å². The summed E-state index contributed by atoms with van der Waals surface area (Å²) < 4.78 is 5.14. The fourth-order valence-corrected chi connectivity index (χ4v) is 0.956. The van der Waals surface area contributed by atoms with Crippen LogP contribution in [0.1, 0.15) is 12.8 Å². The maximum Gasteiger partial charge on any atom is 0.0486 e. The first kappa shape index (κ1) is 6.55. The third kappa shape index (κ3) is 2.01. The van der Waals surface area contributed by atoms with Gasteiger partial charge in [-0.25, -0.2) is 0 Å². The van der Waals surface area contributed by atoms with Gasteiger partial charge in [0.25, 0.3) is 0 Å². The lowest BCUT2D eigenvalue weighted by atomic mass is 10.1. The average Bonchev–Trinajstić information content (AvgIpc) is 1.91. The molecule has 0 bridgehead atoms. The van der Waals surface area contributed by atoms with Crippen molar-refractivity contribution in [2.24, 2.45) is 5.10 Å². The van der Waals surface area contributed by atoms with Gasteiger partial charge in [-0.3, -0.25) is 0 Å². The molecule has 0 aromatic heterocycles. The average molecular weight is 128 g/mol. The molecule has 0 unspecified atom stereocenters. The van der Waals surface area contributed by atoms with Crippen LogP contribution in [0, 0.1) is 0 Å². The zero-order valence-electron chi connectivity index (χ0n) is 5.47. The number of ether oxygens (including phenoxy) is 1. The van der Waals surface area contributed by atoms with Crippen molar-refractivity contribution >= 4 is 6.72 Å². The molecular formula is C6H12N2O. The monoisotopic (exact) mass is 128 g/mol. The van der Waals surface area contributed by atoms with Crippen LogP contribution in [0.5, 0.6) is 0 Å². The van der Waals surface area contributed by atoms with Crippen LogP contribution in [0.3, 0.4) is 0 Å². The zero-order chi connectivity index (χ0) is 6.53. The minimum absolute atomic E-state index is 0.497. The second-order valence-corrected chi connectivity index (χ2v) is 2.17. The van der Waals surface area contributed by atoms with Gasteiger partial charge in [0.2, 0.25) is 0 Å². The minimum atomic E-state index is 0.497. The highest BCUT2D eigenvalue weighted by Gasteiger charge is 2.10. The summed E-state index contributed by atoms with van der Waals surface area (Å²) in [7, 11) is 0. The molecule has 0 spiro atoms. The zero-order valence-corrected chi connectivity index (χ0v) is 5.47. The first-order chi connectivity index (χ1) is 4.43. The summed E-state index contributed by atoms with van der Waals surface area (Å²) in [5.41, 5.74) is 2.92. The summed E-state index contributed by atoms with van der Waals surface area (Å²) in [5, 5.41) is 3.60. The normalized spacial score (nSPS) is 21.3. The van der Waals surface area contributed by atoms with Gasteiger partial charge in [-0.1, -0.05) is 0 Å². The smallest absolute Gasteiger partial charge is 0.0486 e. The first-order valence-corrected chi connectivity index (χ1v) is 3.22. The Labute approximate surface area is 55.1 Å². The second-order valence-electron chi connectivity index (χ2n) is 2.17. The number of rotatable bonds is 2. The van der Waals surface area contributed by atoms with Crippen LogP contribution < -0.4 is 5.43 Å². The summed E-state index contributed by atoms with van der Waals surface area (Å²) in [5.74, 6) is 0. The molecule has 0 atom stereocenters. The van der Waals surface area contributed by atoms with Gasteiger partial charge >= 0.3 is 0 Å². The van der Waals surface area contributed by atoms with Crippen LogP contribution in [0.25, 0.3) is 0 Å². The maximum absolute atomic E-state index is 5.14. The van der Waals surface area contributed by atoms with E-state index in [-0.39, 0.29) is 0 Å². The van der Waals surface area contributed by atoms with Crippen molar-refractivity contribution in [3.8, 4) is 0 Å². The van der Waals surface area contributed by atoms with Gasteiger partial charge in [0.1, 0.15) is 0 Å². The molecule has 3 heteroatoms. The van der Waals surface area contributed by atoms with Crippen LogP contribution in [-0.2, 0) is 4.74 Å². The van der Waals surface area contributed by atoms with E-state index in [0.717, 1.165) is 26.1 Å². The lowest BCUT2D eigenvalue weighted by Crippen LogP contribution is -2.31. The molecule has 1 saturated heterocycles. The molecule has 9 heavy (non-hydrogen) atoms. The SMILES string of the molecule is C=NNC1CCOCC1. The highest BCUT2D eigenvalue weighted by atomic mass is 16.5. The number of hydrogen-bond acceptors (Lipinski definition) is 3. The van der Waals surface area contributed by atoms with E-state index in [1.165, 1.54) is 0 Å². The fourth-order valence-electron chi connectivity index (χ4n) is 0.956. The van der Waals surface area contributed by atoms with Crippen molar-refractivity contribution in [2.45, 2.75) is 18.9 Å². The predicted molar refractivity (Wildman–Crippen MR) is 36.5 cm³/mol. The highest BCUT2D eigenvalue weighted by molar-refractivity contribution is 5.22. The van der Waals surface area contributed by atoms with Crippen molar-refractivity contribution < 1.29 is 4.74 Å². The number of nitrogens with one attached hydrogen (secondary N) is 1. The van der Waals surface area contributed by atoms with E-state index in [0.29, 0.717) is 6.04 Å². The molecule has 3 nitrogen and oxygen atoms in total.